The number of thioether (sulfide) groups is 1. The minimum atomic E-state index is -0.470. The van der Waals surface area contributed by atoms with Gasteiger partial charge in [0.2, 0.25) is 0 Å². The molecule has 1 atom stereocenters. The van der Waals surface area contributed by atoms with Crippen LogP contribution in [-0.4, -0.2) is 21.9 Å². The minimum Gasteiger partial charge on any atom is -0.305 e. The van der Waals surface area contributed by atoms with Gasteiger partial charge in [-0.05, 0) is 46.6 Å². The lowest BCUT2D eigenvalue weighted by Gasteiger charge is -2.09. The third-order valence-corrected chi connectivity index (χ3v) is 5.00. The molecule has 1 aromatic carbocycles. The molecule has 0 fully saturated rings. The van der Waals surface area contributed by atoms with E-state index < -0.39 is 5.91 Å². The molecule has 0 aliphatic rings. The van der Waals surface area contributed by atoms with Crippen LogP contribution in [0.15, 0.2) is 52.0 Å². The van der Waals surface area contributed by atoms with Gasteiger partial charge in [0, 0.05) is 26.4 Å². The number of amides is 1. The summed E-state index contributed by atoms with van der Waals surface area (Å²) in [5, 5.41) is 11.2. The molecular formula is C17H18BrN3OS. The zero-order chi connectivity index (χ0) is 16.8. The molecule has 2 N–H and O–H groups in total. The number of benzene rings is 1. The van der Waals surface area contributed by atoms with Crippen LogP contribution in [0.4, 0.5) is 5.82 Å². The first-order valence-electron chi connectivity index (χ1n) is 7.28. The van der Waals surface area contributed by atoms with Crippen LogP contribution in [0.25, 0.3) is 0 Å². The Hall–Kier alpha value is -1.66. The number of pyridine rings is 1. The van der Waals surface area contributed by atoms with Crippen LogP contribution in [0.5, 0.6) is 0 Å². The van der Waals surface area contributed by atoms with Crippen molar-refractivity contribution in [2.45, 2.75) is 30.4 Å². The summed E-state index contributed by atoms with van der Waals surface area (Å²) >= 11 is 5.08. The maximum Gasteiger partial charge on any atom is 0.275 e. The number of carbonyl (C=O) groups is 1. The highest BCUT2D eigenvalue weighted by atomic mass is 79.9. The maximum absolute atomic E-state index is 12.1. The smallest absolute Gasteiger partial charge is 0.275 e. The molecule has 0 aliphatic carbocycles. The summed E-state index contributed by atoms with van der Waals surface area (Å²) in [5.74, 6) is -0.0472. The second kappa shape index (κ2) is 8.26. The molecule has 0 aliphatic heterocycles. The SMILES string of the molecule is CCC(C)Sc1ccc(C(=N)C(=O)Nc2ccc(Br)cn2)cc1. The van der Waals surface area contributed by atoms with Gasteiger partial charge in [-0.1, -0.05) is 26.0 Å². The Bertz CT molecular complexity index is 686. The van der Waals surface area contributed by atoms with Crippen molar-refractivity contribution in [2.75, 3.05) is 5.32 Å². The molecule has 1 amide bonds. The number of hydrogen-bond donors (Lipinski definition) is 2. The summed E-state index contributed by atoms with van der Waals surface area (Å²) in [5.41, 5.74) is 0.517. The Morgan fingerprint density at radius 2 is 2.00 bits per heavy atom. The van der Waals surface area contributed by atoms with E-state index in [0.717, 1.165) is 15.8 Å². The van der Waals surface area contributed by atoms with Gasteiger partial charge in [-0.3, -0.25) is 10.2 Å². The third kappa shape index (κ3) is 5.18. The molecule has 0 saturated heterocycles. The van der Waals surface area contributed by atoms with E-state index in [1.54, 1.807) is 30.1 Å². The predicted molar refractivity (Wildman–Crippen MR) is 99.4 cm³/mol. The average Bonchev–Trinajstić information content (AvgIpc) is 2.56. The summed E-state index contributed by atoms with van der Waals surface area (Å²) in [6, 6.07) is 11.0. The normalized spacial score (nSPS) is 11.8. The van der Waals surface area contributed by atoms with Crippen molar-refractivity contribution in [1.29, 1.82) is 5.41 Å². The van der Waals surface area contributed by atoms with Gasteiger partial charge in [-0.2, -0.15) is 0 Å². The van der Waals surface area contributed by atoms with E-state index >= 15 is 0 Å². The van der Waals surface area contributed by atoms with E-state index in [0.29, 0.717) is 16.6 Å². The van der Waals surface area contributed by atoms with Gasteiger partial charge in [-0.25, -0.2) is 4.98 Å². The molecule has 6 heteroatoms. The van der Waals surface area contributed by atoms with Gasteiger partial charge in [0.1, 0.15) is 11.5 Å². The Labute approximate surface area is 148 Å². The van der Waals surface area contributed by atoms with Crippen LogP contribution < -0.4 is 5.32 Å². The number of aromatic nitrogens is 1. The largest absolute Gasteiger partial charge is 0.305 e. The Balaban J connectivity index is 2.01. The molecule has 1 aromatic heterocycles. The molecule has 1 heterocycles. The number of rotatable bonds is 6. The first kappa shape index (κ1) is 17.7. The van der Waals surface area contributed by atoms with Gasteiger partial charge >= 0.3 is 0 Å². The summed E-state index contributed by atoms with van der Waals surface area (Å²) in [6.45, 7) is 4.33. The van der Waals surface area contributed by atoms with Crippen LogP contribution in [0.2, 0.25) is 0 Å². The first-order chi connectivity index (χ1) is 11.0. The Kier molecular flexibility index (Phi) is 6.36. The molecule has 2 rings (SSSR count). The maximum atomic E-state index is 12.1. The summed E-state index contributed by atoms with van der Waals surface area (Å²) in [6.07, 6.45) is 2.70. The highest BCUT2D eigenvalue weighted by Gasteiger charge is 2.13. The zero-order valence-electron chi connectivity index (χ0n) is 13.0. The summed E-state index contributed by atoms with van der Waals surface area (Å²) in [4.78, 5) is 17.3. The number of nitrogens with zero attached hydrogens (tertiary/aromatic N) is 1. The lowest BCUT2D eigenvalue weighted by atomic mass is 10.1. The lowest BCUT2D eigenvalue weighted by Crippen LogP contribution is -2.23. The van der Waals surface area contributed by atoms with Crippen molar-refractivity contribution in [1.82, 2.24) is 4.98 Å². The van der Waals surface area contributed by atoms with E-state index in [2.05, 4.69) is 40.1 Å². The van der Waals surface area contributed by atoms with E-state index in [-0.39, 0.29) is 5.71 Å². The molecule has 120 valence electrons. The zero-order valence-corrected chi connectivity index (χ0v) is 15.4. The van der Waals surface area contributed by atoms with Crippen LogP contribution >= 0.6 is 27.7 Å². The van der Waals surface area contributed by atoms with Gasteiger partial charge in [0.05, 0.1) is 0 Å². The van der Waals surface area contributed by atoms with Crippen molar-refractivity contribution in [3.8, 4) is 0 Å². The van der Waals surface area contributed by atoms with Crippen molar-refractivity contribution < 1.29 is 4.79 Å². The summed E-state index contributed by atoms with van der Waals surface area (Å²) in [7, 11) is 0. The van der Waals surface area contributed by atoms with Crippen LogP contribution in [0, 0.1) is 5.41 Å². The minimum absolute atomic E-state index is 0.0743. The van der Waals surface area contributed by atoms with Gasteiger partial charge < -0.3 is 5.32 Å². The standard InChI is InChI=1S/C17H18BrN3OS/c1-3-11(2)23-14-7-4-12(5-8-14)16(19)17(22)21-15-9-6-13(18)10-20-15/h4-11,19H,3H2,1-2H3,(H,20,21,22). The highest BCUT2D eigenvalue weighted by Crippen LogP contribution is 2.25. The molecular weight excluding hydrogens is 374 g/mol. The van der Waals surface area contributed by atoms with Gasteiger partial charge in [0.15, 0.2) is 0 Å². The average molecular weight is 392 g/mol. The fraction of sp³-hybridized carbons (Fsp3) is 0.235. The number of hydrogen-bond acceptors (Lipinski definition) is 4. The summed E-state index contributed by atoms with van der Waals surface area (Å²) < 4.78 is 0.833. The number of nitrogens with one attached hydrogen (secondary N) is 2. The molecule has 4 nitrogen and oxygen atoms in total. The topological polar surface area (TPSA) is 65.8 Å². The quantitative estimate of drug-likeness (QED) is 0.551. The predicted octanol–water partition coefficient (Wildman–Crippen LogP) is 4.74. The highest BCUT2D eigenvalue weighted by molar-refractivity contribution is 9.10. The van der Waals surface area contributed by atoms with Crippen molar-refractivity contribution >= 4 is 45.1 Å². The van der Waals surface area contributed by atoms with Gasteiger partial charge in [0.25, 0.3) is 5.91 Å². The molecule has 0 spiro atoms. The lowest BCUT2D eigenvalue weighted by molar-refractivity contribution is -0.110. The van der Waals surface area contributed by atoms with Crippen LogP contribution in [0.1, 0.15) is 25.8 Å². The van der Waals surface area contributed by atoms with Crippen molar-refractivity contribution in [3.05, 3.63) is 52.6 Å². The monoisotopic (exact) mass is 391 g/mol. The van der Waals surface area contributed by atoms with E-state index in [1.165, 1.54) is 0 Å². The second-order valence-electron chi connectivity index (χ2n) is 5.05. The number of carbonyl (C=O) groups excluding carboxylic acids is 1. The molecule has 0 bridgehead atoms. The number of anilines is 1. The van der Waals surface area contributed by atoms with Gasteiger partial charge in [-0.15, -0.1) is 11.8 Å². The Morgan fingerprint density at radius 3 is 2.57 bits per heavy atom. The molecule has 23 heavy (non-hydrogen) atoms. The Morgan fingerprint density at radius 1 is 1.30 bits per heavy atom. The fourth-order valence-corrected chi connectivity index (χ4v) is 2.93. The van der Waals surface area contributed by atoms with Crippen molar-refractivity contribution in [2.24, 2.45) is 0 Å². The molecule has 0 radical (unpaired) electrons. The fourth-order valence-electron chi connectivity index (χ4n) is 1.78. The third-order valence-electron chi connectivity index (χ3n) is 3.25. The van der Waals surface area contributed by atoms with E-state index in [1.807, 2.05) is 24.3 Å². The molecule has 1 unspecified atom stereocenters. The number of halogens is 1. The van der Waals surface area contributed by atoms with Crippen LogP contribution in [-0.2, 0) is 4.79 Å². The van der Waals surface area contributed by atoms with Crippen molar-refractivity contribution in [3.63, 3.8) is 0 Å². The first-order valence-corrected chi connectivity index (χ1v) is 8.95. The van der Waals surface area contributed by atoms with E-state index in [9.17, 15) is 4.79 Å². The second-order valence-corrected chi connectivity index (χ2v) is 7.48. The molecule has 0 saturated carbocycles. The molecule has 2 aromatic rings. The van der Waals surface area contributed by atoms with E-state index in [4.69, 9.17) is 5.41 Å². The van der Waals surface area contributed by atoms with Crippen LogP contribution in [0.3, 0.4) is 0 Å².